The molecule has 0 amide bonds. The zero-order valence-corrected chi connectivity index (χ0v) is 18.8. The molecule has 0 atom stereocenters. The summed E-state index contributed by atoms with van der Waals surface area (Å²) in [6, 6.07) is 9.39. The van der Waals surface area contributed by atoms with E-state index in [4.69, 9.17) is 32.4 Å². The Labute approximate surface area is 186 Å². The van der Waals surface area contributed by atoms with Gasteiger partial charge in [0.25, 0.3) is 0 Å². The van der Waals surface area contributed by atoms with Crippen molar-refractivity contribution in [3.63, 3.8) is 0 Å². The summed E-state index contributed by atoms with van der Waals surface area (Å²) in [6.45, 7) is 6.22. The minimum atomic E-state index is -0.297. The van der Waals surface area contributed by atoms with E-state index in [1.165, 1.54) is 0 Å². The number of ether oxygens (including phenoxy) is 1. The standard InChI is InChI=1S/C24H25Cl2NO3/c1-3-4-5-17-11-22(28)30-24-15(2)23-18(10-20(17)24)13-27(14-29-23)9-8-16-6-7-19(25)12-21(16)26/h6-7,10-12H,3-5,8-9,13-14H2,1-2H3. The monoisotopic (exact) mass is 445 g/mol. The summed E-state index contributed by atoms with van der Waals surface area (Å²) in [5.41, 5.74) is 4.50. The highest BCUT2D eigenvalue weighted by Crippen LogP contribution is 2.36. The zero-order valence-electron chi connectivity index (χ0n) is 17.3. The van der Waals surface area contributed by atoms with Gasteiger partial charge in [-0.1, -0.05) is 42.6 Å². The SMILES string of the molecule is CCCCc1cc(=O)oc2c(C)c3c(cc12)CN(CCc1ccc(Cl)cc1Cl)CO3. The van der Waals surface area contributed by atoms with Crippen LogP contribution in [0, 0.1) is 6.92 Å². The Bertz CT molecular complexity index is 1140. The highest BCUT2D eigenvalue weighted by atomic mass is 35.5. The van der Waals surface area contributed by atoms with Crippen molar-refractivity contribution >= 4 is 34.2 Å². The maximum atomic E-state index is 12.1. The number of rotatable bonds is 6. The van der Waals surface area contributed by atoms with Gasteiger partial charge in [-0.3, -0.25) is 4.90 Å². The first-order valence-corrected chi connectivity index (χ1v) is 11.1. The van der Waals surface area contributed by atoms with E-state index in [9.17, 15) is 4.79 Å². The first-order chi connectivity index (χ1) is 14.5. The van der Waals surface area contributed by atoms with E-state index >= 15 is 0 Å². The van der Waals surface area contributed by atoms with E-state index in [0.29, 0.717) is 22.4 Å². The first-order valence-electron chi connectivity index (χ1n) is 10.3. The molecular formula is C24H25Cl2NO3. The van der Waals surface area contributed by atoms with E-state index in [2.05, 4.69) is 17.9 Å². The molecule has 4 nitrogen and oxygen atoms in total. The van der Waals surface area contributed by atoms with Crippen molar-refractivity contribution in [2.45, 2.75) is 46.1 Å². The van der Waals surface area contributed by atoms with Crippen molar-refractivity contribution in [2.24, 2.45) is 0 Å². The minimum absolute atomic E-state index is 0.297. The van der Waals surface area contributed by atoms with E-state index < -0.39 is 0 Å². The van der Waals surface area contributed by atoms with Crippen molar-refractivity contribution in [3.8, 4) is 5.75 Å². The molecule has 0 spiro atoms. The van der Waals surface area contributed by atoms with E-state index in [1.807, 2.05) is 19.1 Å². The fourth-order valence-corrected chi connectivity index (χ4v) is 4.56. The molecule has 0 saturated heterocycles. The van der Waals surface area contributed by atoms with Crippen LogP contribution in [0.25, 0.3) is 11.0 Å². The largest absolute Gasteiger partial charge is 0.477 e. The predicted octanol–water partition coefficient (Wildman–Crippen LogP) is 6.15. The number of unbranched alkanes of at least 4 members (excludes halogenated alkanes) is 1. The summed E-state index contributed by atoms with van der Waals surface area (Å²) in [4.78, 5) is 14.3. The average Bonchev–Trinajstić information content (AvgIpc) is 2.72. The molecule has 1 aromatic heterocycles. The molecule has 2 heterocycles. The lowest BCUT2D eigenvalue weighted by atomic mass is 9.98. The zero-order chi connectivity index (χ0) is 21.3. The van der Waals surface area contributed by atoms with Gasteiger partial charge in [0.1, 0.15) is 18.1 Å². The fourth-order valence-electron chi connectivity index (χ4n) is 4.05. The van der Waals surface area contributed by atoms with Gasteiger partial charge in [0.05, 0.1) is 0 Å². The van der Waals surface area contributed by atoms with Crippen molar-refractivity contribution in [2.75, 3.05) is 13.3 Å². The maximum Gasteiger partial charge on any atom is 0.336 e. The van der Waals surface area contributed by atoms with E-state index in [-0.39, 0.29) is 5.63 Å². The number of benzene rings is 2. The predicted molar refractivity (Wildman–Crippen MR) is 122 cm³/mol. The smallest absolute Gasteiger partial charge is 0.336 e. The summed E-state index contributed by atoms with van der Waals surface area (Å²) in [5, 5.41) is 2.36. The van der Waals surface area contributed by atoms with Crippen LogP contribution in [0.3, 0.4) is 0 Å². The molecule has 0 saturated carbocycles. The summed E-state index contributed by atoms with van der Waals surface area (Å²) < 4.78 is 11.6. The highest BCUT2D eigenvalue weighted by molar-refractivity contribution is 6.35. The van der Waals surface area contributed by atoms with Crippen molar-refractivity contribution in [1.82, 2.24) is 4.90 Å². The molecule has 1 aliphatic rings. The number of halogens is 2. The molecule has 6 heteroatoms. The van der Waals surface area contributed by atoms with Gasteiger partial charge in [0.2, 0.25) is 0 Å². The average molecular weight is 446 g/mol. The molecular weight excluding hydrogens is 421 g/mol. The maximum absolute atomic E-state index is 12.1. The van der Waals surface area contributed by atoms with Crippen LogP contribution in [0.4, 0.5) is 0 Å². The molecule has 0 unspecified atom stereocenters. The number of hydrogen-bond acceptors (Lipinski definition) is 4. The van der Waals surface area contributed by atoms with Gasteiger partial charge in [-0.15, -0.1) is 0 Å². The topological polar surface area (TPSA) is 42.7 Å². The molecule has 1 aliphatic heterocycles. The number of nitrogens with zero attached hydrogens (tertiary/aromatic N) is 1. The quantitative estimate of drug-likeness (QED) is 0.427. The number of hydrogen-bond donors (Lipinski definition) is 0. The second-order valence-corrected chi connectivity index (χ2v) is 8.72. The van der Waals surface area contributed by atoms with Gasteiger partial charge in [-0.05, 0) is 55.5 Å². The Morgan fingerprint density at radius 2 is 1.93 bits per heavy atom. The van der Waals surface area contributed by atoms with Crippen LogP contribution >= 0.6 is 23.2 Å². The van der Waals surface area contributed by atoms with Crippen molar-refractivity contribution in [1.29, 1.82) is 0 Å². The van der Waals surface area contributed by atoms with Gasteiger partial charge in [-0.2, -0.15) is 0 Å². The third kappa shape index (κ3) is 4.36. The van der Waals surface area contributed by atoms with Gasteiger partial charge in [-0.25, -0.2) is 4.79 Å². The number of fused-ring (bicyclic) bond motifs is 2. The Morgan fingerprint density at radius 3 is 2.70 bits per heavy atom. The Hall–Kier alpha value is -2.01. The van der Waals surface area contributed by atoms with Gasteiger partial charge < -0.3 is 9.15 Å². The fraction of sp³-hybridized carbons (Fsp3) is 0.375. The van der Waals surface area contributed by atoms with Crippen LogP contribution in [-0.2, 0) is 19.4 Å². The first kappa shape index (κ1) is 21.2. The van der Waals surface area contributed by atoms with Crippen LogP contribution in [0.2, 0.25) is 10.0 Å². The molecule has 0 bridgehead atoms. The van der Waals surface area contributed by atoms with Gasteiger partial charge in [0.15, 0.2) is 0 Å². The Balaban J connectivity index is 1.60. The molecule has 3 aromatic rings. The molecule has 0 fully saturated rings. The summed E-state index contributed by atoms with van der Waals surface area (Å²) >= 11 is 12.3. The molecule has 0 radical (unpaired) electrons. The van der Waals surface area contributed by atoms with Gasteiger partial charge >= 0.3 is 5.63 Å². The van der Waals surface area contributed by atoms with Crippen molar-refractivity contribution < 1.29 is 9.15 Å². The molecule has 0 N–H and O–H groups in total. The molecule has 158 valence electrons. The summed E-state index contributed by atoms with van der Waals surface area (Å²) in [7, 11) is 0. The lowest BCUT2D eigenvalue weighted by molar-refractivity contribution is 0.0959. The second-order valence-electron chi connectivity index (χ2n) is 7.87. The number of aryl methyl sites for hydroxylation is 2. The lowest BCUT2D eigenvalue weighted by Crippen LogP contribution is -2.34. The Kier molecular flexibility index (Phi) is 6.37. The third-order valence-corrected chi connectivity index (χ3v) is 6.26. The van der Waals surface area contributed by atoms with Crippen LogP contribution in [0.15, 0.2) is 39.5 Å². The normalized spacial score (nSPS) is 14.0. The van der Waals surface area contributed by atoms with Crippen LogP contribution < -0.4 is 10.4 Å². The van der Waals surface area contributed by atoms with E-state index in [0.717, 1.165) is 72.2 Å². The molecule has 2 aromatic carbocycles. The summed E-state index contributed by atoms with van der Waals surface area (Å²) in [6.07, 6.45) is 3.81. The summed E-state index contributed by atoms with van der Waals surface area (Å²) in [5.74, 6) is 0.832. The van der Waals surface area contributed by atoms with Crippen molar-refractivity contribution in [3.05, 3.63) is 73.1 Å². The van der Waals surface area contributed by atoms with Crippen LogP contribution in [-0.4, -0.2) is 18.2 Å². The minimum Gasteiger partial charge on any atom is -0.477 e. The molecule has 30 heavy (non-hydrogen) atoms. The molecule has 0 aliphatic carbocycles. The Morgan fingerprint density at radius 1 is 1.10 bits per heavy atom. The van der Waals surface area contributed by atoms with Gasteiger partial charge in [0, 0.05) is 45.7 Å². The molecule has 4 rings (SSSR count). The third-order valence-electron chi connectivity index (χ3n) is 5.67. The van der Waals surface area contributed by atoms with Crippen LogP contribution in [0.1, 0.15) is 42.0 Å². The lowest BCUT2D eigenvalue weighted by Gasteiger charge is -2.30. The van der Waals surface area contributed by atoms with E-state index in [1.54, 1.807) is 12.1 Å². The second kappa shape index (κ2) is 9.01. The van der Waals surface area contributed by atoms with Crippen LogP contribution in [0.5, 0.6) is 5.75 Å². The highest BCUT2D eigenvalue weighted by Gasteiger charge is 2.23.